The Balaban J connectivity index is 1.51. The molecule has 0 spiro atoms. The van der Waals surface area contributed by atoms with E-state index in [-0.39, 0.29) is 12.2 Å². The van der Waals surface area contributed by atoms with E-state index in [1.165, 1.54) is 147 Å². The second-order valence-electron chi connectivity index (χ2n) is 14.7. The second-order valence-corrected chi connectivity index (χ2v) is 14.7. The Morgan fingerprint density at radius 3 is 1.28 bits per heavy atom. The molecule has 3 heteroatoms. The molecule has 1 saturated heterocycles. The zero-order chi connectivity index (χ0) is 35.4. The van der Waals surface area contributed by atoms with E-state index in [0.717, 1.165) is 45.7 Å². The highest BCUT2D eigenvalue weighted by molar-refractivity contribution is 5.15. The van der Waals surface area contributed by atoms with Crippen molar-refractivity contribution in [3.63, 3.8) is 0 Å². The number of allylic oxidation sites excluding steroid dienone is 8. The summed E-state index contributed by atoms with van der Waals surface area (Å²) in [5.41, 5.74) is 1.38. The van der Waals surface area contributed by atoms with Gasteiger partial charge < -0.3 is 9.47 Å². The fraction of sp³-hybridized carbons (Fsp3) is 0.702. The first-order chi connectivity index (χ1) is 24.8. The molecule has 2 atom stereocenters. The molecule has 1 heterocycles. The van der Waals surface area contributed by atoms with Crippen molar-refractivity contribution in [3.8, 4) is 0 Å². The van der Waals surface area contributed by atoms with Crippen molar-refractivity contribution in [1.82, 2.24) is 4.90 Å². The predicted molar refractivity (Wildman–Crippen MR) is 220 cm³/mol. The highest BCUT2D eigenvalue weighted by Gasteiger charge is 2.34. The molecule has 1 aliphatic heterocycles. The molecular formula is C47H79NO2. The molecule has 0 bridgehead atoms. The van der Waals surface area contributed by atoms with Gasteiger partial charge in [-0.2, -0.15) is 0 Å². The first-order valence-electron chi connectivity index (χ1n) is 21.4. The number of likely N-dealkylation sites (tertiary alicyclic amines) is 1. The molecule has 3 nitrogen and oxygen atoms in total. The summed E-state index contributed by atoms with van der Waals surface area (Å²) < 4.78 is 13.0. The molecular weight excluding hydrogens is 611 g/mol. The van der Waals surface area contributed by atoms with Crippen LogP contribution in [0, 0.1) is 0 Å². The highest BCUT2D eigenvalue weighted by atomic mass is 16.5. The third-order valence-electron chi connectivity index (χ3n) is 9.89. The molecule has 0 N–H and O–H groups in total. The number of hydrogen-bond acceptors (Lipinski definition) is 3. The maximum Gasteiger partial charge on any atom is 0.0975 e. The average molecular weight is 690 g/mol. The summed E-state index contributed by atoms with van der Waals surface area (Å²) in [5, 5.41) is 0. The normalized spacial score (nSPS) is 17.2. The maximum atomic E-state index is 6.50. The first-order valence-corrected chi connectivity index (χ1v) is 21.4. The third-order valence-corrected chi connectivity index (χ3v) is 9.89. The molecule has 1 aromatic carbocycles. The number of nitrogens with zero attached hydrogens (tertiary/aromatic N) is 1. The van der Waals surface area contributed by atoms with Gasteiger partial charge in [-0.1, -0.05) is 170 Å². The number of hydrogen-bond donors (Lipinski definition) is 0. The largest absolute Gasteiger partial charge is 0.374 e. The lowest BCUT2D eigenvalue weighted by atomic mass is 10.1. The van der Waals surface area contributed by atoms with Crippen LogP contribution in [0.4, 0.5) is 0 Å². The van der Waals surface area contributed by atoms with Gasteiger partial charge in [0.05, 0.1) is 12.2 Å². The second kappa shape index (κ2) is 34.2. The third kappa shape index (κ3) is 25.9. The minimum absolute atomic E-state index is 0.196. The Morgan fingerprint density at radius 2 is 0.860 bits per heavy atom. The van der Waals surface area contributed by atoms with E-state index >= 15 is 0 Å². The van der Waals surface area contributed by atoms with Crippen molar-refractivity contribution < 1.29 is 9.47 Å². The zero-order valence-electron chi connectivity index (χ0n) is 32.9. The van der Waals surface area contributed by atoms with Crippen LogP contribution in [-0.2, 0) is 16.0 Å². The van der Waals surface area contributed by atoms with Gasteiger partial charge in [0.2, 0.25) is 0 Å². The van der Waals surface area contributed by atoms with Gasteiger partial charge in [-0.3, -0.25) is 4.90 Å². The highest BCUT2D eigenvalue weighted by Crippen LogP contribution is 2.21. The predicted octanol–water partition coefficient (Wildman–Crippen LogP) is 13.9. The molecule has 284 valence electrons. The SMILES string of the molecule is CCCCC/C=C\C/C=C\CCCCCCCCOC1CN(Cc2ccccc2)CC1OCCCCCCCC/C=C\C/C=C\CCCCC. The van der Waals surface area contributed by atoms with Crippen molar-refractivity contribution in [2.24, 2.45) is 0 Å². The fourth-order valence-electron chi connectivity index (χ4n) is 6.76. The summed E-state index contributed by atoms with van der Waals surface area (Å²) in [7, 11) is 0. The Kier molecular flexibility index (Phi) is 30.2. The van der Waals surface area contributed by atoms with Crippen LogP contribution in [0.1, 0.15) is 174 Å². The monoisotopic (exact) mass is 690 g/mol. The smallest absolute Gasteiger partial charge is 0.0975 e. The molecule has 2 rings (SSSR count). The van der Waals surface area contributed by atoms with E-state index in [9.17, 15) is 0 Å². The average Bonchev–Trinajstić information content (AvgIpc) is 3.51. The van der Waals surface area contributed by atoms with E-state index < -0.39 is 0 Å². The van der Waals surface area contributed by atoms with E-state index in [4.69, 9.17) is 9.47 Å². The lowest BCUT2D eigenvalue weighted by molar-refractivity contribution is -0.0481. The van der Waals surface area contributed by atoms with Crippen molar-refractivity contribution in [1.29, 1.82) is 0 Å². The Morgan fingerprint density at radius 1 is 0.480 bits per heavy atom. The van der Waals surface area contributed by atoms with E-state index in [1.54, 1.807) is 0 Å². The summed E-state index contributed by atoms with van der Waals surface area (Å²) in [6.07, 6.45) is 49.9. The number of ether oxygens (including phenoxy) is 2. The lowest BCUT2D eigenvalue weighted by Crippen LogP contribution is -2.30. The summed E-state index contributed by atoms with van der Waals surface area (Å²) in [6.45, 7) is 9.20. The minimum atomic E-state index is 0.196. The van der Waals surface area contributed by atoms with Crippen molar-refractivity contribution in [2.75, 3.05) is 26.3 Å². The number of unbranched alkanes of at least 4 members (excludes halogenated alkanes) is 18. The molecule has 1 fully saturated rings. The van der Waals surface area contributed by atoms with Gasteiger partial charge in [-0.15, -0.1) is 0 Å². The van der Waals surface area contributed by atoms with E-state index in [0.29, 0.717) is 0 Å². The minimum Gasteiger partial charge on any atom is -0.374 e. The van der Waals surface area contributed by atoms with Gasteiger partial charge in [0.25, 0.3) is 0 Å². The van der Waals surface area contributed by atoms with Crippen LogP contribution in [0.15, 0.2) is 78.9 Å². The first kappa shape index (κ1) is 44.2. The van der Waals surface area contributed by atoms with Gasteiger partial charge in [-0.05, 0) is 82.6 Å². The van der Waals surface area contributed by atoms with E-state index in [2.05, 4.69) is 97.7 Å². The van der Waals surface area contributed by atoms with Gasteiger partial charge >= 0.3 is 0 Å². The zero-order valence-corrected chi connectivity index (χ0v) is 32.9. The quantitative estimate of drug-likeness (QED) is 0.0531. The molecule has 0 aromatic heterocycles. The molecule has 1 aromatic rings. The van der Waals surface area contributed by atoms with Crippen LogP contribution in [0.2, 0.25) is 0 Å². The molecule has 0 amide bonds. The van der Waals surface area contributed by atoms with Crippen LogP contribution >= 0.6 is 0 Å². The van der Waals surface area contributed by atoms with Crippen LogP contribution in [0.5, 0.6) is 0 Å². The van der Waals surface area contributed by atoms with Crippen LogP contribution < -0.4 is 0 Å². The van der Waals surface area contributed by atoms with Crippen molar-refractivity contribution >= 4 is 0 Å². The Hall–Kier alpha value is -1.94. The topological polar surface area (TPSA) is 21.7 Å². The van der Waals surface area contributed by atoms with Crippen LogP contribution in [0.25, 0.3) is 0 Å². The van der Waals surface area contributed by atoms with Gasteiger partial charge in [0.15, 0.2) is 0 Å². The van der Waals surface area contributed by atoms with Crippen molar-refractivity contribution in [2.45, 2.75) is 187 Å². The van der Waals surface area contributed by atoms with Crippen LogP contribution in [0.3, 0.4) is 0 Å². The number of benzene rings is 1. The molecule has 0 saturated carbocycles. The molecule has 50 heavy (non-hydrogen) atoms. The standard InChI is InChI=1S/C47H79NO2/c1-3-5-7-9-11-13-15-17-19-21-23-25-27-29-31-36-40-49-46-43-48(42-45-38-34-33-35-39-45)44-47(46)50-41-37-32-30-28-26-24-22-20-18-16-14-12-10-8-6-4-2/h11-14,17-20,33-35,38-39,46-47H,3-10,15-16,21-32,36-37,40-44H2,1-2H3/b13-11-,14-12-,19-17-,20-18-. The summed E-state index contributed by atoms with van der Waals surface area (Å²) in [6, 6.07) is 10.9. The summed E-state index contributed by atoms with van der Waals surface area (Å²) in [5.74, 6) is 0. The maximum absolute atomic E-state index is 6.50. The Labute approximate surface area is 311 Å². The molecule has 2 unspecified atom stereocenters. The summed E-state index contributed by atoms with van der Waals surface area (Å²) in [4.78, 5) is 2.53. The summed E-state index contributed by atoms with van der Waals surface area (Å²) >= 11 is 0. The molecule has 0 radical (unpaired) electrons. The van der Waals surface area contributed by atoms with E-state index in [1.807, 2.05) is 0 Å². The fourth-order valence-corrected chi connectivity index (χ4v) is 6.76. The van der Waals surface area contributed by atoms with Gasteiger partial charge in [0, 0.05) is 32.8 Å². The van der Waals surface area contributed by atoms with Crippen LogP contribution in [-0.4, -0.2) is 43.4 Å². The number of rotatable bonds is 34. The molecule has 1 aliphatic rings. The van der Waals surface area contributed by atoms with Gasteiger partial charge in [-0.25, -0.2) is 0 Å². The Bertz CT molecular complexity index is 909. The van der Waals surface area contributed by atoms with Gasteiger partial charge in [0.1, 0.15) is 0 Å². The van der Waals surface area contributed by atoms with Crippen molar-refractivity contribution in [3.05, 3.63) is 84.5 Å². The lowest BCUT2D eigenvalue weighted by Gasteiger charge is -2.20. The molecule has 0 aliphatic carbocycles.